The molecule has 0 radical (unpaired) electrons. The normalized spacial score (nSPS) is 11.2. The minimum Gasteiger partial charge on any atom is -0.460 e. The number of nitrogens with two attached hydrogens (primary N) is 1. The number of rotatable bonds is 6. The lowest BCUT2D eigenvalue weighted by Crippen LogP contribution is -2.38. The van der Waals surface area contributed by atoms with Crippen molar-refractivity contribution in [3.63, 3.8) is 0 Å². The molecule has 3 nitrogen and oxygen atoms in total. The summed E-state index contributed by atoms with van der Waals surface area (Å²) in [6.07, 6.45) is 1.43. The van der Waals surface area contributed by atoms with Crippen molar-refractivity contribution in [3.05, 3.63) is 35.9 Å². The predicted molar refractivity (Wildman–Crippen MR) is 68.3 cm³/mol. The number of benzene rings is 1. The van der Waals surface area contributed by atoms with E-state index in [1.165, 1.54) is 0 Å². The third-order valence-electron chi connectivity index (χ3n) is 3.39. The van der Waals surface area contributed by atoms with Gasteiger partial charge >= 0.3 is 5.97 Å². The van der Waals surface area contributed by atoms with Crippen LogP contribution in [0.3, 0.4) is 0 Å². The molecule has 3 heteroatoms. The molecule has 1 aromatic rings. The smallest absolute Gasteiger partial charge is 0.313 e. The van der Waals surface area contributed by atoms with Gasteiger partial charge in [-0.25, -0.2) is 0 Å². The highest BCUT2D eigenvalue weighted by molar-refractivity contribution is 5.77. The minimum absolute atomic E-state index is 0.186. The molecule has 0 saturated carbocycles. The molecule has 94 valence electrons. The van der Waals surface area contributed by atoms with Crippen molar-refractivity contribution in [2.24, 2.45) is 11.1 Å². The van der Waals surface area contributed by atoms with E-state index in [1.807, 2.05) is 44.2 Å². The maximum atomic E-state index is 12.0. The second-order valence-corrected chi connectivity index (χ2v) is 4.25. The fourth-order valence-corrected chi connectivity index (χ4v) is 1.79. The lowest BCUT2D eigenvalue weighted by molar-refractivity contribution is -0.157. The van der Waals surface area contributed by atoms with Gasteiger partial charge in [-0.1, -0.05) is 44.2 Å². The van der Waals surface area contributed by atoms with Crippen LogP contribution in [0, 0.1) is 5.41 Å². The van der Waals surface area contributed by atoms with Crippen molar-refractivity contribution < 1.29 is 9.53 Å². The molecule has 0 fully saturated rings. The van der Waals surface area contributed by atoms with E-state index in [1.54, 1.807) is 0 Å². The predicted octanol–water partition coefficient (Wildman–Crippen LogP) is 2.49. The maximum absolute atomic E-state index is 12.0. The molecule has 0 amide bonds. The lowest BCUT2D eigenvalue weighted by atomic mass is 9.82. The number of ether oxygens (including phenoxy) is 1. The highest BCUT2D eigenvalue weighted by Crippen LogP contribution is 2.27. The molecule has 0 unspecified atom stereocenters. The first kappa shape index (κ1) is 13.7. The van der Waals surface area contributed by atoms with Gasteiger partial charge in [-0.3, -0.25) is 4.79 Å². The van der Waals surface area contributed by atoms with Crippen LogP contribution >= 0.6 is 0 Å². The van der Waals surface area contributed by atoms with Gasteiger partial charge in [-0.2, -0.15) is 0 Å². The van der Waals surface area contributed by atoms with Crippen LogP contribution in [0.25, 0.3) is 0 Å². The summed E-state index contributed by atoms with van der Waals surface area (Å²) in [5.41, 5.74) is 6.18. The van der Waals surface area contributed by atoms with Crippen molar-refractivity contribution in [2.75, 3.05) is 6.54 Å². The second-order valence-electron chi connectivity index (χ2n) is 4.25. The largest absolute Gasteiger partial charge is 0.460 e. The highest BCUT2D eigenvalue weighted by atomic mass is 16.5. The summed E-state index contributed by atoms with van der Waals surface area (Å²) in [6.45, 7) is 4.61. The van der Waals surface area contributed by atoms with E-state index in [-0.39, 0.29) is 5.97 Å². The highest BCUT2D eigenvalue weighted by Gasteiger charge is 2.34. The first-order chi connectivity index (χ1) is 8.18. The maximum Gasteiger partial charge on any atom is 0.313 e. The van der Waals surface area contributed by atoms with E-state index >= 15 is 0 Å². The molecule has 0 aliphatic rings. The van der Waals surface area contributed by atoms with Crippen molar-refractivity contribution in [3.8, 4) is 0 Å². The van der Waals surface area contributed by atoms with Crippen LogP contribution in [-0.2, 0) is 16.1 Å². The zero-order chi connectivity index (χ0) is 12.7. The summed E-state index contributed by atoms with van der Waals surface area (Å²) in [7, 11) is 0. The fourth-order valence-electron chi connectivity index (χ4n) is 1.79. The van der Waals surface area contributed by atoms with Crippen LogP contribution in [-0.4, -0.2) is 12.5 Å². The van der Waals surface area contributed by atoms with Crippen LogP contribution in [0.1, 0.15) is 32.3 Å². The van der Waals surface area contributed by atoms with Gasteiger partial charge in [0.05, 0.1) is 5.41 Å². The Labute approximate surface area is 103 Å². The zero-order valence-corrected chi connectivity index (χ0v) is 10.6. The van der Waals surface area contributed by atoms with Crippen LogP contribution in [0.4, 0.5) is 0 Å². The first-order valence-electron chi connectivity index (χ1n) is 6.09. The van der Waals surface area contributed by atoms with Gasteiger partial charge in [-0.05, 0) is 18.4 Å². The van der Waals surface area contributed by atoms with E-state index in [4.69, 9.17) is 10.5 Å². The molecule has 1 aromatic carbocycles. The Hall–Kier alpha value is -1.35. The number of carbonyl (C=O) groups is 1. The average molecular weight is 235 g/mol. The third kappa shape index (κ3) is 3.30. The summed E-state index contributed by atoms with van der Waals surface area (Å²) in [5, 5.41) is 0. The molecule has 0 spiro atoms. The number of hydrogen-bond acceptors (Lipinski definition) is 3. The molecule has 17 heavy (non-hydrogen) atoms. The standard InChI is InChI=1S/C14H21NO2/c1-3-14(4-2,11-15)13(16)17-10-12-8-6-5-7-9-12/h5-9H,3-4,10-11,15H2,1-2H3. The van der Waals surface area contributed by atoms with E-state index in [9.17, 15) is 4.79 Å². The van der Waals surface area contributed by atoms with E-state index in [0.29, 0.717) is 26.0 Å². The van der Waals surface area contributed by atoms with E-state index in [0.717, 1.165) is 5.56 Å². The summed E-state index contributed by atoms with van der Waals surface area (Å²) in [5.74, 6) is -0.186. The van der Waals surface area contributed by atoms with Gasteiger partial charge in [0.25, 0.3) is 0 Å². The Kier molecular flexibility index (Phi) is 5.16. The number of hydrogen-bond donors (Lipinski definition) is 1. The summed E-state index contributed by atoms with van der Waals surface area (Å²) >= 11 is 0. The lowest BCUT2D eigenvalue weighted by Gasteiger charge is -2.27. The van der Waals surface area contributed by atoms with Crippen molar-refractivity contribution >= 4 is 5.97 Å². The molecule has 0 aromatic heterocycles. The number of esters is 1. The Morgan fingerprint density at radius 3 is 2.29 bits per heavy atom. The van der Waals surface area contributed by atoms with Crippen LogP contribution in [0.15, 0.2) is 30.3 Å². The summed E-state index contributed by atoms with van der Waals surface area (Å²) < 4.78 is 5.35. The quantitative estimate of drug-likeness (QED) is 0.771. The molecule has 0 aliphatic heterocycles. The monoisotopic (exact) mass is 235 g/mol. The molecule has 0 heterocycles. The van der Waals surface area contributed by atoms with Gasteiger partial charge < -0.3 is 10.5 Å². The molecule has 0 atom stereocenters. The molecule has 1 rings (SSSR count). The summed E-state index contributed by atoms with van der Waals surface area (Å²) in [4.78, 5) is 12.0. The molecular weight excluding hydrogens is 214 g/mol. The number of carbonyl (C=O) groups excluding carboxylic acids is 1. The second kappa shape index (κ2) is 6.40. The van der Waals surface area contributed by atoms with Crippen molar-refractivity contribution in [2.45, 2.75) is 33.3 Å². The van der Waals surface area contributed by atoms with Crippen LogP contribution in [0.2, 0.25) is 0 Å². The van der Waals surface area contributed by atoms with Crippen LogP contribution in [0.5, 0.6) is 0 Å². The zero-order valence-electron chi connectivity index (χ0n) is 10.6. The van der Waals surface area contributed by atoms with Gasteiger partial charge in [-0.15, -0.1) is 0 Å². The fraction of sp³-hybridized carbons (Fsp3) is 0.500. The van der Waals surface area contributed by atoms with Gasteiger partial charge in [0, 0.05) is 6.54 Å². The average Bonchev–Trinajstić information content (AvgIpc) is 2.40. The van der Waals surface area contributed by atoms with E-state index in [2.05, 4.69) is 0 Å². The third-order valence-corrected chi connectivity index (χ3v) is 3.39. The first-order valence-corrected chi connectivity index (χ1v) is 6.09. The SMILES string of the molecule is CCC(CC)(CN)C(=O)OCc1ccccc1. The van der Waals surface area contributed by atoms with Gasteiger partial charge in [0.1, 0.15) is 6.61 Å². The molecule has 2 N–H and O–H groups in total. The summed E-state index contributed by atoms with van der Waals surface area (Å²) in [6, 6.07) is 9.68. The van der Waals surface area contributed by atoms with Crippen molar-refractivity contribution in [1.82, 2.24) is 0 Å². The Bertz CT molecular complexity index is 336. The molecule has 0 aliphatic carbocycles. The molecule has 0 saturated heterocycles. The Morgan fingerprint density at radius 2 is 1.82 bits per heavy atom. The van der Waals surface area contributed by atoms with Gasteiger partial charge in [0.2, 0.25) is 0 Å². The van der Waals surface area contributed by atoms with Gasteiger partial charge in [0.15, 0.2) is 0 Å². The molecular formula is C14H21NO2. The Morgan fingerprint density at radius 1 is 1.24 bits per heavy atom. The minimum atomic E-state index is -0.519. The van der Waals surface area contributed by atoms with Crippen LogP contribution < -0.4 is 5.73 Å². The molecule has 0 bridgehead atoms. The topological polar surface area (TPSA) is 52.3 Å². The van der Waals surface area contributed by atoms with E-state index < -0.39 is 5.41 Å². The Balaban J connectivity index is 2.60. The van der Waals surface area contributed by atoms with Crippen molar-refractivity contribution in [1.29, 1.82) is 0 Å².